The molecule has 0 bridgehead atoms. The van der Waals surface area contributed by atoms with Gasteiger partial charge in [0.1, 0.15) is 11.5 Å². The van der Waals surface area contributed by atoms with Gasteiger partial charge in [0.05, 0.1) is 20.0 Å². The molecule has 4 rings (SSSR count). The Morgan fingerprint density at radius 1 is 0.879 bits per heavy atom. The summed E-state index contributed by atoms with van der Waals surface area (Å²) >= 11 is 1.16. The Bertz CT molecular complexity index is 1280. The number of nitrogens with zero attached hydrogens (tertiary/aromatic N) is 3. The van der Waals surface area contributed by atoms with Crippen molar-refractivity contribution in [3.05, 3.63) is 83.9 Å². The van der Waals surface area contributed by atoms with Crippen molar-refractivity contribution in [1.29, 1.82) is 0 Å². The summed E-state index contributed by atoms with van der Waals surface area (Å²) in [5.41, 5.74) is 1.67. The third-order valence-corrected chi connectivity index (χ3v) is 5.82. The van der Waals surface area contributed by atoms with E-state index in [1.54, 1.807) is 14.2 Å². The van der Waals surface area contributed by atoms with Crippen LogP contribution in [0, 0.1) is 11.6 Å². The Balaban J connectivity index is 1.67. The summed E-state index contributed by atoms with van der Waals surface area (Å²) in [4.78, 5) is 12.6. The highest BCUT2D eigenvalue weighted by Gasteiger charge is 2.18. The van der Waals surface area contributed by atoms with Gasteiger partial charge in [0.2, 0.25) is 0 Å². The standard InChI is InChI=1S/C24H19F2N3O3S/c1-31-18-8-3-15(4-9-18)23-27-28-24(29(23)17-6-10-19(32-2)11-7-17)33-14-22(30)16-5-12-20(25)21(26)13-16/h3-13H,14H2,1-2H3. The number of halogens is 2. The number of rotatable bonds is 8. The summed E-state index contributed by atoms with van der Waals surface area (Å²) in [7, 11) is 3.18. The van der Waals surface area contributed by atoms with Crippen LogP contribution in [0.25, 0.3) is 17.1 Å². The minimum atomic E-state index is -1.06. The number of carbonyl (C=O) groups excluding carboxylic acids is 1. The van der Waals surface area contributed by atoms with Gasteiger partial charge in [-0.1, -0.05) is 11.8 Å². The topological polar surface area (TPSA) is 66.2 Å². The molecule has 0 aliphatic carbocycles. The Morgan fingerprint density at radius 3 is 2.12 bits per heavy atom. The first-order chi connectivity index (χ1) is 16.0. The highest BCUT2D eigenvalue weighted by Crippen LogP contribution is 2.30. The predicted octanol–water partition coefficient (Wildman–Crippen LogP) is 5.20. The molecule has 0 fully saturated rings. The maximum Gasteiger partial charge on any atom is 0.196 e. The monoisotopic (exact) mass is 467 g/mol. The van der Waals surface area contributed by atoms with E-state index in [-0.39, 0.29) is 17.1 Å². The second-order valence-electron chi connectivity index (χ2n) is 6.91. The lowest BCUT2D eigenvalue weighted by Gasteiger charge is -2.11. The summed E-state index contributed by atoms with van der Waals surface area (Å²) in [6.45, 7) is 0. The van der Waals surface area contributed by atoms with E-state index < -0.39 is 11.6 Å². The molecule has 33 heavy (non-hydrogen) atoms. The third-order valence-electron chi connectivity index (χ3n) is 4.89. The predicted molar refractivity (Wildman–Crippen MR) is 121 cm³/mol. The molecule has 1 heterocycles. The molecule has 168 valence electrons. The lowest BCUT2D eigenvalue weighted by atomic mass is 10.1. The number of benzene rings is 3. The fourth-order valence-electron chi connectivity index (χ4n) is 3.14. The summed E-state index contributed by atoms with van der Waals surface area (Å²) < 4.78 is 39.0. The quantitative estimate of drug-likeness (QED) is 0.262. The smallest absolute Gasteiger partial charge is 0.196 e. The van der Waals surface area contributed by atoms with E-state index in [9.17, 15) is 13.6 Å². The molecular formula is C24H19F2N3O3S. The number of aromatic nitrogens is 3. The number of ketones is 1. The lowest BCUT2D eigenvalue weighted by molar-refractivity contribution is 0.102. The van der Waals surface area contributed by atoms with E-state index in [1.165, 1.54) is 6.07 Å². The van der Waals surface area contributed by atoms with Crippen LogP contribution in [-0.4, -0.2) is 40.5 Å². The van der Waals surface area contributed by atoms with Gasteiger partial charge in [-0.15, -0.1) is 10.2 Å². The number of hydrogen-bond acceptors (Lipinski definition) is 6. The minimum Gasteiger partial charge on any atom is -0.497 e. The average Bonchev–Trinajstić information content (AvgIpc) is 3.28. The molecule has 3 aromatic carbocycles. The molecule has 1 aromatic heterocycles. The normalized spacial score (nSPS) is 10.8. The Hall–Kier alpha value is -3.72. The SMILES string of the molecule is COc1ccc(-c2nnc(SCC(=O)c3ccc(F)c(F)c3)n2-c2ccc(OC)cc2)cc1. The van der Waals surface area contributed by atoms with E-state index in [2.05, 4.69) is 10.2 Å². The molecule has 0 spiro atoms. The van der Waals surface area contributed by atoms with Crippen molar-refractivity contribution in [2.24, 2.45) is 0 Å². The van der Waals surface area contributed by atoms with Gasteiger partial charge in [0, 0.05) is 16.8 Å². The van der Waals surface area contributed by atoms with Crippen LogP contribution in [0.2, 0.25) is 0 Å². The Kier molecular flexibility index (Phi) is 6.69. The van der Waals surface area contributed by atoms with Gasteiger partial charge in [-0.25, -0.2) is 8.78 Å². The Morgan fingerprint density at radius 2 is 1.52 bits per heavy atom. The molecule has 9 heteroatoms. The number of methoxy groups -OCH3 is 2. The summed E-state index contributed by atoms with van der Waals surface area (Å²) in [5.74, 6) is -0.458. The van der Waals surface area contributed by atoms with E-state index in [0.29, 0.717) is 22.5 Å². The fourth-order valence-corrected chi connectivity index (χ4v) is 3.98. The minimum absolute atomic E-state index is 0.0258. The van der Waals surface area contributed by atoms with Crippen molar-refractivity contribution < 1.29 is 23.0 Å². The van der Waals surface area contributed by atoms with E-state index in [4.69, 9.17) is 9.47 Å². The molecule has 0 amide bonds. The van der Waals surface area contributed by atoms with Crippen LogP contribution in [0.5, 0.6) is 11.5 Å². The molecular weight excluding hydrogens is 448 g/mol. The molecule has 0 N–H and O–H groups in total. The first kappa shape index (κ1) is 22.5. The third kappa shape index (κ3) is 4.88. The number of thioether (sulfide) groups is 1. The van der Waals surface area contributed by atoms with E-state index in [0.717, 1.165) is 35.1 Å². The maximum atomic E-state index is 13.5. The fraction of sp³-hybridized carbons (Fsp3) is 0.125. The molecule has 0 unspecified atom stereocenters. The molecule has 0 saturated carbocycles. The van der Waals surface area contributed by atoms with Crippen molar-refractivity contribution in [3.8, 4) is 28.6 Å². The van der Waals surface area contributed by atoms with Gasteiger partial charge < -0.3 is 9.47 Å². The summed E-state index contributed by atoms with van der Waals surface area (Å²) in [6.07, 6.45) is 0. The number of ether oxygens (including phenoxy) is 2. The first-order valence-electron chi connectivity index (χ1n) is 9.85. The van der Waals surface area contributed by atoms with Gasteiger partial charge in [-0.05, 0) is 66.7 Å². The van der Waals surface area contributed by atoms with Crippen LogP contribution < -0.4 is 9.47 Å². The highest BCUT2D eigenvalue weighted by atomic mass is 32.2. The van der Waals surface area contributed by atoms with Gasteiger partial charge in [-0.3, -0.25) is 9.36 Å². The van der Waals surface area contributed by atoms with Crippen LogP contribution in [0.15, 0.2) is 71.9 Å². The van der Waals surface area contributed by atoms with Crippen molar-refractivity contribution in [2.75, 3.05) is 20.0 Å². The molecule has 0 aliphatic rings. The molecule has 4 aromatic rings. The number of hydrogen-bond donors (Lipinski definition) is 0. The number of carbonyl (C=O) groups is 1. The highest BCUT2D eigenvalue weighted by molar-refractivity contribution is 7.99. The van der Waals surface area contributed by atoms with Crippen LogP contribution in [0.1, 0.15) is 10.4 Å². The zero-order valence-electron chi connectivity index (χ0n) is 17.8. The average molecular weight is 467 g/mol. The molecule has 0 radical (unpaired) electrons. The summed E-state index contributed by atoms with van der Waals surface area (Å²) in [5, 5.41) is 9.09. The first-order valence-corrected chi connectivity index (χ1v) is 10.8. The zero-order valence-corrected chi connectivity index (χ0v) is 18.6. The van der Waals surface area contributed by atoms with Gasteiger partial charge in [0.15, 0.2) is 28.4 Å². The zero-order chi connectivity index (χ0) is 23.4. The molecule has 6 nitrogen and oxygen atoms in total. The largest absolute Gasteiger partial charge is 0.497 e. The van der Waals surface area contributed by atoms with Crippen molar-refractivity contribution in [3.63, 3.8) is 0 Å². The summed E-state index contributed by atoms with van der Waals surface area (Å²) in [6, 6.07) is 17.8. The van der Waals surface area contributed by atoms with Crippen molar-refractivity contribution in [1.82, 2.24) is 14.8 Å². The van der Waals surface area contributed by atoms with Gasteiger partial charge in [-0.2, -0.15) is 0 Å². The van der Waals surface area contributed by atoms with Crippen LogP contribution >= 0.6 is 11.8 Å². The molecule has 0 saturated heterocycles. The Labute approximate surface area is 193 Å². The molecule has 0 atom stereocenters. The lowest BCUT2D eigenvalue weighted by Crippen LogP contribution is -2.06. The van der Waals surface area contributed by atoms with Crippen LogP contribution in [0.3, 0.4) is 0 Å². The maximum absolute atomic E-state index is 13.5. The number of Topliss-reactive ketones (excluding diaryl/α,β-unsaturated/α-hetero) is 1. The van der Waals surface area contributed by atoms with Crippen LogP contribution in [-0.2, 0) is 0 Å². The van der Waals surface area contributed by atoms with E-state index >= 15 is 0 Å². The van der Waals surface area contributed by atoms with Crippen LogP contribution in [0.4, 0.5) is 8.78 Å². The van der Waals surface area contributed by atoms with E-state index in [1.807, 2.05) is 53.1 Å². The van der Waals surface area contributed by atoms with Crippen molar-refractivity contribution in [2.45, 2.75) is 5.16 Å². The molecule has 0 aliphatic heterocycles. The van der Waals surface area contributed by atoms with Gasteiger partial charge in [0.25, 0.3) is 0 Å². The van der Waals surface area contributed by atoms with Gasteiger partial charge >= 0.3 is 0 Å². The van der Waals surface area contributed by atoms with Crippen molar-refractivity contribution >= 4 is 17.5 Å². The second kappa shape index (κ2) is 9.83. The second-order valence-corrected chi connectivity index (χ2v) is 7.85.